The summed E-state index contributed by atoms with van der Waals surface area (Å²) in [7, 11) is 0. The summed E-state index contributed by atoms with van der Waals surface area (Å²) >= 11 is 1.56. The van der Waals surface area contributed by atoms with Gasteiger partial charge in [0.05, 0.1) is 16.8 Å². The number of fused-ring (bicyclic) bond motifs is 1. The highest BCUT2D eigenvalue weighted by Gasteiger charge is 2.34. The highest BCUT2D eigenvalue weighted by molar-refractivity contribution is 7.99. The van der Waals surface area contributed by atoms with Gasteiger partial charge in [-0.05, 0) is 66.9 Å². The van der Waals surface area contributed by atoms with E-state index in [2.05, 4.69) is 22.8 Å². The Morgan fingerprint density at radius 2 is 1.73 bits per heavy atom. The second-order valence-corrected chi connectivity index (χ2v) is 11.4. The summed E-state index contributed by atoms with van der Waals surface area (Å²) in [5.41, 5.74) is 3.78. The molecule has 0 aliphatic carbocycles. The molecular weight excluding hydrogens is 593 g/mol. The lowest BCUT2D eigenvalue weighted by Gasteiger charge is -2.17. The molecule has 3 amide bonds. The van der Waals surface area contributed by atoms with Crippen LogP contribution in [0.2, 0.25) is 0 Å². The van der Waals surface area contributed by atoms with Crippen molar-refractivity contribution in [3.8, 4) is 0 Å². The monoisotopic (exact) mass is 626 g/mol. The lowest BCUT2D eigenvalue weighted by Crippen LogP contribution is -2.33. The largest absolute Gasteiger partial charge is 0.478 e. The number of carbonyl (C=O) groups is 3. The van der Waals surface area contributed by atoms with E-state index in [1.807, 2.05) is 18.2 Å². The molecule has 1 aliphatic heterocycles. The van der Waals surface area contributed by atoms with Crippen molar-refractivity contribution in [2.45, 2.75) is 56.5 Å². The van der Waals surface area contributed by atoms with Gasteiger partial charge in [0.1, 0.15) is 0 Å². The van der Waals surface area contributed by atoms with Crippen LogP contribution in [0.4, 0.5) is 29.3 Å². The molecule has 232 valence electrons. The van der Waals surface area contributed by atoms with Gasteiger partial charge >= 0.3 is 18.2 Å². The second-order valence-electron chi connectivity index (χ2n) is 10.3. The number of nitrogens with zero attached hydrogens (tertiary/aromatic N) is 2. The second kappa shape index (κ2) is 14.9. The molecule has 0 saturated heterocycles. The van der Waals surface area contributed by atoms with E-state index in [1.54, 1.807) is 40.9 Å². The normalized spacial score (nSPS) is 13.7. The standard InChI is InChI=1S/C32H33F3N4O4S/c1-2-3-4-5-6-17-39-27-15-14-25(44-18-16-21-10-12-22(13-11-21)30(41)42)20-26(27)28(29(39)40)37-38-31(43)36-24-9-7-8-23(19-24)32(33,34)35/h7-15,19-20H,2-6,16-18H2,1H3,(H,41,42)(H2,36,38,43)/b37-28+. The van der Waals surface area contributed by atoms with E-state index in [4.69, 9.17) is 5.11 Å². The number of carboxylic acids is 1. The first-order valence-corrected chi connectivity index (χ1v) is 15.3. The molecule has 12 heteroatoms. The maximum absolute atomic E-state index is 13.4. The summed E-state index contributed by atoms with van der Waals surface area (Å²) in [5.74, 6) is -0.644. The number of hydrogen-bond donors (Lipinski definition) is 3. The third-order valence-electron chi connectivity index (χ3n) is 7.02. The van der Waals surface area contributed by atoms with Gasteiger partial charge in [-0.2, -0.15) is 18.3 Å². The lowest BCUT2D eigenvalue weighted by atomic mass is 10.1. The summed E-state index contributed by atoms with van der Waals surface area (Å²) in [5, 5.41) is 15.5. The average molecular weight is 627 g/mol. The molecule has 0 unspecified atom stereocenters. The fourth-order valence-corrected chi connectivity index (χ4v) is 5.66. The SMILES string of the molecule is CCCCCCCN1C(=O)/C(=N/NC(=O)Nc2cccc(C(F)(F)F)c2)c2cc(SCCc3ccc(C(=O)O)cc3)ccc21. The Morgan fingerprint density at radius 3 is 2.43 bits per heavy atom. The number of thioether (sulfide) groups is 1. The summed E-state index contributed by atoms with van der Waals surface area (Å²) in [4.78, 5) is 39.6. The van der Waals surface area contributed by atoms with Crippen LogP contribution in [0, 0.1) is 0 Å². The van der Waals surface area contributed by atoms with Gasteiger partial charge in [-0.15, -0.1) is 11.8 Å². The predicted octanol–water partition coefficient (Wildman–Crippen LogP) is 7.58. The number of urea groups is 1. The van der Waals surface area contributed by atoms with Gasteiger partial charge < -0.3 is 15.3 Å². The Balaban J connectivity index is 1.48. The van der Waals surface area contributed by atoms with Gasteiger partial charge in [-0.1, -0.05) is 50.8 Å². The fraction of sp³-hybridized carbons (Fsp3) is 0.312. The number of nitrogens with one attached hydrogen (secondary N) is 2. The van der Waals surface area contributed by atoms with Crippen molar-refractivity contribution in [2.24, 2.45) is 5.10 Å². The van der Waals surface area contributed by atoms with Crippen LogP contribution < -0.4 is 15.6 Å². The Kier molecular flexibility index (Phi) is 11.0. The minimum absolute atomic E-state index is 0.0412. The molecule has 4 rings (SSSR count). The Labute approximate surface area is 257 Å². The van der Waals surface area contributed by atoms with Crippen LogP contribution >= 0.6 is 11.8 Å². The Bertz CT molecular complexity index is 1530. The van der Waals surface area contributed by atoms with Crippen LogP contribution in [0.5, 0.6) is 0 Å². The topological polar surface area (TPSA) is 111 Å². The van der Waals surface area contributed by atoms with Crippen molar-refractivity contribution in [3.63, 3.8) is 0 Å². The molecule has 0 fully saturated rings. The number of hydrogen-bond acceptors (Lipinski definition) is 5. The molecular formula is C32H33F3N4O4S. The molecule has 3 N–H and O–H groups in total. The van der Waals surface area contributed by atoms with E-state index in [0.29, 0.717) is 30.0 Å². The van der Waals surface area contributed by atoms with Crippen LogP contribution in [0.1, 0.15) is 66.1 Å². The highest BCUT2D eigenvalue weighted by Crippen LogP contribution is 2.34. The van der Waals surface area contributed by atoms with Crippen LogP contribution in [0.15, 0.2) is 76.7 Å². The van der Waals surface area contributed by atoms with E-state index >= 15 is 0 Å². The quantitative estimate of drug-likeness (QED) is 0.103. The Morgan fingerprint density at radius 1 is 0.977 bits per heavy atom. The van der Waals surface area contributed by atoms with Gasteiger partial charge in [-0.3, -0.25) is 4.79 Å². The molecule has 44 heavy (non-hydrogen) atoms. The molecule has 3 aromatic carbocycles. The molecule has 0 aromatic heterocycles. The zero-order valence-electron chi connectivity index (χ0n) is 24.1. The van der Waals surface area contributed by atoms with Crippen LogP contribution in [-0.2, 0) is 17.4 Å². The number of carbonyl (C=O) groups excluding carboxylic acids is 2. The number of amides is 3. The number of hydrazone groups is 1. The summed E-state index contributed by atoms with van der Waals surface area (Å²) in [6.07, 6.45) is 1.20. The molecule has 0 saturated carbocycles. The van der Waals surface area contributed by atoms with Gasteiger partial charge in [0.2, 0.25) is 0 Å². The molecule has 3 aromatic rings. The predicted molar refractivity (Wildman–Crippen MR) is 166 cm³/mol. The van der Waals surface area contributed by atoms with Gasteiger partial charge in [0.25, 0.3) is 5.91 Å². The number of halogens is 3. The first-order valence-electron chi connectivity index (χ1n) is 14.3. The Hall–Kier alpha value is -4.32. The van der Waals surface area contributed by atoms with Crippen molar-refractivity contribution in [1.29, 1.82) is 0 Å². The summed E-state index contributed by atoms with van der Waals surface area (Å²) < 4.78 is 39.2. The van der Waals surface area contributed by atoms with Crippen LogP contribution in [-0.4, -0.2) is 41.0 Å². The van der Waals surface area contributed by atoms with Gasteiger partial charge in [0, 0.05) is 28.4 Å². The third-order valence-corrected chi connectivity index (χ3v) is 8.02. The average Bonchev–Trinajstić information content (AvgIpc) is 3.25. The van der Waals surface area contributed by atoms with Crippen molar-refractivity contribution in [1.82, 2.24) is 5.43 Å². The molecule has 8 nitrogen and oxygen atoms in total. The first-order chi connectivity index (χ1) is 21.1. The van der Waals surface area contributed by atoms with Crippen molar-refractivity contribution < 1.29 is 32.7 Å². The number of carboxylic acid groups (broad SMARTS) is 1. The molecule has 1 aliphatic rings. The maximum Gasteiger partial charge on any atom is 0.416 e. The maximum atomic E-state index is 13.4. The molecule has 1 heterocycles. The highest BCUT2D eigenvalue weighted by atomic mass is 32.2. The lowest BCUT2D eigenvalue weighted by molar-refractivity contribution is -0.137. The number of anilines is 2. The number of benzene rings is 3. The minimum atomic E-state index is -4.56. The van der Waals surface area contributed by atoms with Crippen molar-refractivity contribution in [2.75, 3.05) is 22.5 Å². The summed E-state index contributed by atoms with van der Waals surface area (Å²) in [6, 6.07) is 15.7. The van der Waals surface area contributed by atoms with Crippen molar-refractivity contribution in [3.05, 3.63) is 89.0 Å². The van der Waals surface area contributed by atoms with E-state index < -0.39 is 23.7 Å². The smallest absolute Gasteiger partial charge is 0.416 e. The van der Waals surface area contributed by atoms with E-state index in [1.165, 1.54) is 12.1 Å². The number of aromatic carboxylic acids is 1. The zero-order valence-corrected chi connectivity index (χ0v) is 24.9. The van der Waals surface area contributed by atoms with E-state index in [-0.39, 0.29) is 22.9 Å². The van der Waals surface area contributed by atoms with Gasteiger partial charge in [0.15, 0.2) is 5.71 Å². The molecule has 0 bridgehead atoms. The van der Waals surface area contributed by atoms with E-state index in [0.717, 1.165) is 54.7 Å². The van der Waals surface area contributed by atoms with Crippen molar-refractivity contribution >= 4 is 46.8 Å². The van der Waals surface area contributed by atoms with Crippen LogP contribution in [0.25, 0.3) is 0 Å². The van der Waals surface area contributed by atoms with Gasteiger partial charge in [-0.25, -0.2) is 15.0 Å². The molecule has 0 radical (unpaired) electrons. The third kappa shape index (κ3) is 8.62. The minimum Gasteiger partial charge on any atom is -0.478 e. The number of aryl methyl sites for hydroxylation is 1. The summed E-state index contributed by atoms with van der Waals surface area (Å²) in [6.45, 7) is 2.62. The molecule has 0 spiro atoms. The number of alkyl halides is 3. The molecule has 0 atom stereocenters. The number of unbranched alkanes of at least 4 members (excludes halogenated alkanes) is 4. The van der Waals surface area contributed by atoms with E-state index in [9.17, 15) is 27.6 Å². The fourth-order valence-electron chi connectivity index (χ4n) is 4.73. The van der Waals surface area contributed by atoms with Crippen LogP contribution in [0.3, 0.4) is 0 Å². The first kappa shape index (κ1) is 32.6. The zero-order chi connectivity index (χ0) is 31.7. The number of rotatable bonds is 13.